The highest BCUT2D eigenvalue weighted by atomic mass is 16.5. The number of hydrogen-bond acceptors (Lipinski definition) is 8. The number of benzene rings is 1. The van der Waals surface area contributed by atoms with Crippen molar-refractivity contribution in [3.8, 4) is 17.2 Å². The van der Waals surface area contributed by atoms with Gasteiger partial charge in [0, 0.05) is 19.2 Å². The van der Waals surface area contributed by atoms with Gasteiger partial charge in [-0.1, -0.05) is 0 Å². The SMILES string of the molecule is COc1cc(Nc2c(N)n3n(c2=O)CCCC3)c(NCC=O)c(OC)c1O. The molecule has 0 bridgehead atoms. The van der Waals surface area contributed by atoms with Crippen LogP contribution in [0, 0.1) is 0 Å². The van der Waals surface area contributed by atoms with Gasteiger partial charge < -0.3 is 35.7 Å². The van der Waals surface area contributed by atoms with Crippen LogP contribution in [0.2, 0.25) is 0 Å². The number of aromatic nitrogens is 2. The maximum Gasteiger partial charge on any atom is 0.292 e. The van der Waals surface area contributed by atoms with Crippen LogP contribution >= 0.6 is 0 Å². The highest BCUT2D eigenvalue weighted by Gasteiger charge is 2.24. The summed E-state index contributed by atoms with van der Waals surface area (Å²) >= 11 is 0. The van der Waals surface area contributed by atoms with E-state index in [0.717, 1.165) is 12.8 Å². The fraction of sp³-hybridized carbons (Fsp3) is 0.412. The van der Waals surface area contributed by atoms with Gasteiger partial charge in [-0.15, -0.1) is 0 Å². The van der Waals surface area contributed by atoms with Crippen molar-refractivity contribution in [2.45, 2.75) is 25.9 Å². The van der Waals surface area contributed by atoms with Crippen LogP contribution in [0.5, 0.6) is 17.2 Å². The lowest BCUT2D eigenvalue weighted by molar-refractivity contribution is -0.106. The van der Waals surface area contributed by atoms with Crippen LogP contribution < -0.4 is 31.4 Å². The lowest BCUT2D eigenvalue weighted by Crippen LogP contribution is -2.27. The molecule has 0 spiro atoms. The normalized spacial score (nSPS) is 13.0. The van der Waals surface area contributed by atoms with E-state index in [9.17, 15) is 14.7 Å². The second-order valence-corrected chi connectivity index (χ2v) is 6.07. The third kappa shape index (κ3) is 3.14. The van der Waals surface area contributed by atoms with Crippen LogP contribution in [-0.4, -0.2) is 41.5 Å². The summed E-state index contributed by atoms with van der Waals surface area (Å²) in [5.41, 5.74) is 6.87. The molecule has 1 aromatic heterocycles. The largest absolute Gasteiger partial charge is 0.502 e. The molecule has 0 saturated heterocycles. The molecule has 3 rings (SSSR count). The number of aromatic hydroxyl groups is 1. The summed E-state index contributed by atoms with van der Waals surface area (Å²) in [5, 5.41) is 16.2. The van der Waals surface area contributed by atoms with Crippen molar-refractivity contribution < 1.29 is 19.4 Å². The summed E-state index contributed by atoms with van der Waals surface area (Å²) in [6, 6.07) is 1.51. The summed E-state index contributed by atoms with van der Waals surface area (Å²) in [4.78, 5) is 23.6. The standard InChI is InChI=1S/C17H23N5O5/c1-26-11-9-10(12(19-5-8-23)15(27-2)14(11)24)20-13-16(18)21-6-3-4-7-22(21)17(13)25/h8-9,19-20,24H,3-7,18H2,1-2H3. The number of anilines is 4. The molecule has 2 heterocycles. The topological polar surface area (TPSA) is 133 Å². The molecule has 0 saturated carbocycles. The fourth-order valence-electron chi connectivity index (χ4n) is 3.24. The highest BCUT2D eigenvalue weighted by molar-refractivity contribution is 5.87. The van der Waals surface area contributed by atoms with Crippen molar-refractivity contribution in [3.05, 3.63) is 16.4 Å². The third-order valence-electron chi connectivity index (χ3n) is 4.53. The number of rotatable bonds is 7. The van der Waals surface area contributed by atoms with Crippen LogP contribution in [0.25, 0.3) is 0 Å². The molecule has 5 N–H and O–H groups in total. The number of phenolic OH excluding ortho intramolecular Hbond substituents is 1. The van der Waals surface area contributed by atoms with Gasteiger partial charge in [-0.3, -0.25) is 9.48 Å². The number of nitrogens with one attached hydrogen (secondary N) is 2. The Morgan fingerprint density at radius 2 is 1.93 bits per heavy atom. The van der Waals surface area contributed by atoms with Crippen LogP contribution in [0.15, 0.2) is 10.9 Å². The van der Waals surface area contributed by atoms with Gasteiger partial charge in [0.2, 0.25) is 5.75 Å². The number of fused-ring (bicyclic) bond motifs is 1. The van der Waals surface area contributed by atoms with E-state index < -0.39 is 0 Å². The molecular formula is C17H23N5O5. The Morgan fingerprint density at radius 1 is 1.22 bits per heavy atom. The minimum atomic E-state index is -0.237. The van der Waals surface area contributed by atoms with Gasteiger partial charge in [0.1, 0.15) is 23.5 Å². The molecule has 0 fully saturated rings. The first-order chi connectivity index (χ1) is 13.0. The molecule has 1 aromatic carbocycles. The average molecular weight is 377 g/mol. The Bertz CT molecular complexity index is 918. The smallest absolute Gasteiger partial charge is 0.292 e. The molecule has 0 atom stereocenters. The molecule has 27 heavy (non-hydrogen) atoms. The van der Waals surface area contributed by atoms with Crippen LogP contribution in [0.3, 0.4) is 0 Å². The first-order valence-corrected chi connectivity index (χ1v) is 8.55. The predicted octanol–water partition coefficient (Wildman–Crippen LogP) is 1.10. The molecule has 0 unspecified atom stereocenters. The van der Waals surface area contributed by atoms with E-state index >= 15 is 0 Å². The first kappa shape index (κ1) is 18.5. The molecule has 1 aliphatic rings. The van der Waals surface area contributed by atoms with Crippen molar-refractivity contribution in [1.82, 2.24) is 9.36 Å². The van der Waals surface area contributed by atoms with Gasteiger partial charge in [0.15, 0.2) is 11.5 Å². The maximum atomic E-state index is 12.8. The maximum absolute atomic E-state index is 12.8. The van der Waals surface area contributed by atoms with E-state index in [4.69, 9.17) is 15.2 Å². The predicted molar refractivity (Wildman–Crippen MR) is 101 cm³/mol. The lowest BCUT2D eigenvalue weighted by Gasteiger charge is -2.19. The van der Waals surface area contributed by atoms with E-state index in [0.29, 0.717) is 36.6 Å². The fourth-order valence-corrected chi connectivity index (χ4v) is 3.24. The molecule has 0 radical (unpaired) electrons. The average Bonchev–Trinajstić information content (AvgIpc) is 2.92. The Kier molecular flexibility index (Phi) is 5.15. The third-order valence-corrected chi connectivity index (χ3v) is 4.53. The number of methoxy groups -OCH3 is 2. The van der Waals surface area contributed by atoms with E-state index in [-0.39, 0.29) is 35.0 Å². The second-order valence-electron chi connectivity index (χ2n) is 6.07. The van der Waals surface area contributed by atoms with Crippen molar-refractivity contribution in [1.29, 1.82) is 0 Å². The summed E-state index contributed by atoms with van der Waals surface area (Å²) in [7, 11) is 2.78. The number of hydrogen-bond donors (Lipinski definition) is 4. The van der Waals surface area contributed by atoms with E-state index in [1.807, 2.05) is 0 Å². The van der Waals surface area contributed by atoms with Crippen molar-refractivity contribution >= 4 is 29.2 Å². The number of nitrogens with two attached hydrogens (primary N) is 1. The van der Waals surface area contributed by atoms with Crippen molar-refractivity contribution in [2.75, 3.05) is 37.1 Å². The van der Waals surface area contributed by atoms with E-state index in [2.05, 4.69) is 10.6 Å². The van der Waals surface area contributed by atoms with Gasteiger partial charge in [-0.2, -0.15) is 0 Å². The first-order valence-electron chi connectivity index (χ1n) is 8.55. The van der Waals surface area contributed by atoms with Gasteiger partial charge >= 0.3 is 0 Å². The van der Waals surface area contributed by atoms with E-state index in [1.54, 1.807) is 9.36 Å². The number of ether oxygens (including phenoxy) is 2. The zero-order valence-corrected chi connectivity index (χ0v) is 15.2. The van der Waals surface area contributed by atoms with Gasteiger partial charge in [-0.05, 0) is 12.8 Å². The van der Waals surface area contributed by atoms with Crippen LogP contribution in [0.4, 0.5) is 22.9 Å². The number of nitrogens with zero attached hydrogens (tertiary/aromatic N) is 2. The summed E-state index contributed by atoms with van der Waals surface area (Å²) in [5.74, 6) is 0.335. The molecule has 10 nitrogen and oxygen atoms in total. The lowest BCUT2D eigenvalue weighted by atomic mass is 10.2. The molecule has 0 amide bonds. The quantitative estimate of drug-likeness (QED) is 0.416. The molecule has 146 valence electrons. The number of carbonyl (C=O) groups is 1. The van der Waals surface area contributed by atoms with E-state index in [1.165, 1.54) is 20.3 Å². The minimum absolute atomic E-state index is 0.0163. The Morgan fingerprint density at radius 3 is 2.52 bits per heavy atom. The van der Waals surface area contributed by atoms with Gasteiger partial charge in [-0.25, -0.2) is 4.68 Å². The minimum Gasteiger partial charge on any atom is -0.502 e. The molecule has 1 aliphatic heterocycles. The van der Waals surface area contributed by atoms with Crippen molar-refractivity contribution in [3.63, 3.8) is 0 Å². The number of nitrogen functional groups attached to an aromatic ring is 1. The summed E-state index contributed by atoms with van der Waals surface area (Å²) < 4.78 is 13.8. The number of carbonyl (C=O) groups excluding carboxylic acids is 1. The molecular weight excluding hydrogens is 354 g/mol. The number of phenols is 1. The molecule has 2 aromatic rings. The van der Waals surface area contributed by atoms with Crippen LogP contribution in [0.1, 0.15) is 12.8 Å². The molecule has 10 heteroatoms. The Balaban J connectivity index is 2.12. The van der Waals surface area contributed by atoms with Crippen molar-refractivity contribution in [2.24, 2.45) is 0 Å². The van der Waals surface area contributed by atoms with Gasteiger partial charge in [0.25, 0.3) is 5.56 Å². The zero-order chi connectivity index (χ0) is 19.6. The van der Waals surface area contributed by atoms with Crippen LogP contribution in [-0.2, 0) is 17.9 Å². The highest BCUT2D eigenvalue weighted by Crippen LogP contribution is 2.47. The zero-order valence-electron chi connectivity index (χ0n) is 15.2. The number of aldehydes is 1. The monoisotopic (exact) mass is 377 g/mol. The molecule has 0 aliphatic carbocycles. The summed E-state index contributed by atoms with van der Waals surface area (Å²) in [6.07, 6.45) is 2.53. The summed E-state index contributed by atoms with van der Waals surface area (Å²) in [6.45, 7) is 1.25. The van der Waals surface area contributed by atoms with Gasteiger partial charge in [0.05, 0.1) is 26.5 Å². The Hall–Kier alpha value is -3.30. The Labute approximate surface area is 155 Å². The second kappa shape index (κ2) is 7.52.